The number of likely N-dealkylation sites (tertiary alicyclic amines) is 1. The molecule has 2 amide bonds. The van der Waals surface area contributed by atoms with Gasteiger partial charge in [-0.15, -0.1) is 17.9 Å². The van der Waals surface area contributed by atoms with E-state index in [0.717, 1.165) is 24.8 Å². The summed E-state index contributed by atoms with van der Waals surface area (Å²) in [6.07, 6.45) is 4.45. The van der Waals surface area contributed by atoms with Crippen LogP contribution in [0.3, 0.4) is 0 Å². The number of fused-ring (bicyclic) bond motifs is 2. The van der Waals surface area contributed by atoms with Crippen LogP contribution < -0.4 is 5.32 Å². The predicted octanol–water partition coefficient (Wildman–Crippen LogP) is 3.63. The van der Waals surface area contributed by atoms with Gasteiger partial charge in [0, 0.05) is 36.9 Å². The molecule has 2 aliphatic rings. The van der Waals surface area contributed by atoms with Gasteiger partial charge < -0.3 is 19.7 Å². The van der Waals surface area contributed by atoms with Crippen LogP contribution in [0.15, 0.2) is 54.4 Å². The molecule has 1 fully saturated rings. The number of carbonyl (C=O) groups is 2. The van der Waals surface area contributed by atoms with E-state index in [4.69, 9.17) is 9.47 Å². The smallest absolute Gasteiger partial charge is 0.246 e. The van der Waals surface area contributed by atoms with E-state index in [1.54, 1.807) is 17.4 Å². The minimum Gasteiger partial charge on any atom is -0.375 e. The Morgan fingerprint density at radius 2 is 2.03 bits per heavy atom. The first kappa shape index (κ1) is 23.7. The molecule has 1 aromatic heterocycles. The summed E-state index contributed by atoms with van der Waals surface area (Å²) in [5.41, 5.74) is 2.05. The number of hydrogen-bond acceptors (Lipinski definition) is 5. The minimum absolute atomic E-state index is 0.00631. The van der Waals surface area contributed by atoms with Crippen molar-refractivity contribution < 1.29 is 19.1 Å². The molecule has 1 aliphatic heterocycles. The molecule has 176 valence electrons. The van der Waals surface area contributed by atoms with Crippen molar-refractivity contribution in [2.45, 2.75) is 43.2 Å². The van der Waals surface area contributed by atoms with E-state index in [0.29, 0.717) is 26.1 Å². The average Bonchev–Trinajstić information content (AvgIpc) is 3.43. The van der Waals surface area contributed by atoms with E-state index in [-0.39, 0.29) is 36.0 Å². The SMILES string of the molecule is C=CCO[C@H]1[C@H](NC(=O)COC)c2ccccc2C12CCN(C(=O)CCc1cccs1)CC2. The third kappa shape index (κ3) is 4.90. The highest BCUT2D eigenvalue weighted by atomic mass is 32.1. The van der Waals surface area contributed by atoms with Crippen molar-refractivity contribution in [2.24, 2.45) is 0 Å². The Balaban J connectivity index is 1.52. The summed E-state index contributed by atoms with van der Waals surface area (Å²) in [7, 11) is 1.51. The normalized spacial score (nSPS) is 21.1. The van der Waals surface area contributed by atoms with Crippen LogP contribution in [0.25, 0.3) is 0 Å². The monoisotopic (exact) mass is 468 g/mol. The van der Waals surface area contributed by atoms with E-state index >= 15 is 0 Å². The first-order valence-electron chi connectivity index (χ1n) is 11.5. The van der Waals surface area contributed by atoms with Gasteiger partial charge in [0.1, 0.15) is 6.61 Å². The van der Waals surface area contributed by atoms with Crippen molar-refractivity contribution >= 4 is 23.2 Å². The first-order chi connectivity index (χ1) is 16.1. The number of methoxy groups -OCH3 is 1. The number of piperidine rings is 1. The topological polar surface area (TPSA) is 67.9 Å². The Labute approximate surface area is 199 Å². The standard InChI is InChI=1S/C26H32N2O4S/c1-3-16-32-25-24(27-22(29)18-31-2)20-8-4-5-9-21(20)26(25)12-14-28(15-13-26)23(30)11-10-19-7-6-17-33-19/h3-9,17,24-25H,1,10-16,18H2,2H3,(H,27,29)/t24-,25+/m1/s1. The fourth-order valence-electron chi connectivity index (χ4n) is 5.34. The molecule has 4 rings (SSSR count). The zero-order chi connectivity index (χ0) is 23.3. The third-order valence-electron chi connectivity index (χ3n) is 6.84. The number of nitrogens with one attached hydrogen (secondary N) is 1. The van der Waals surface area contributed by atoms with Gasteiger partial charge in [-0.25, -0.2) is 0 Å². The number of thiophene rings is 1. The van der Waals surface area contributed by atoms with E-state index in [2.05, 4.69) is 30.1 Å². The van der Waals surface area contributed by atoms with Gasteiger partial charge in [0.25, 0.3) is 0 Å². The maximum absolute atomic E-state index is 12.9. The number of carbonyl (C=O) groups excluding carboxylic acids is 2. The highest BCUT2D eigenvalue weighted by Crippen LogP contribution is 2.52. The Kier molecular flexibility index (Phi) is 7.63. The summed E-state index contributed by atoms with van der Waals surface area (Å²) < 4.78 is 11.4. The fourth-order valence-corrected chi connectivity index (χ4v) is 6.05. The Morgan fingerprint density at radius 1 is 1.24 bits per heavy atom. The second-order valence-electron chi connectivity index (χ2n) is 8.72. The van der Waals surface area contributed by atoms with Crippen molar-refractivity contribution in [1.82, 2.24) is 10.2 Å². The molecule has 1 N–H and O–H groups in total. The zero-order valence-corrected chi connectivity index (χ0v) is 19.9. The molecule has 7 heteroatoms. The lowest BCUT2D eigenvalue weighted by Gasteiger charge is -2.44. The molecule has 2 aromatic rings. The summed E-state index contributed by atoms with van der Waals surface area (Å²) in [6.45, 7) is 5.59. The van der Waals surface area contributed by atoms with E-state index in [1.165, 1.54) is 17.6 Å². The molecule has 1 aliphatic carbocycles. The van der Waals surface area contributed by atoms with Crippen LogP contribution >= 0.6 is 11.3 Å². The lowest BCUT2D eigenvalue weighted by Crippen LogP contribution is -2.52. The lowest BCUT2D eigenvalue weighted by atomic mass is 9.71. The molecule has 2 atom stereocenters. The minimum atomic E-state index is -0.259. The molecule has 1 aromatic carbocycles. The van der Waals surface area contributed by atoms with Crippen LogP contribution in [0.5, 0.6) is 0 Å². The van der Waals surface area contributed by atoms with E-state index < -0.39 is 0 Å². The fraction of sp³-hybridized carbons (Fsp3) is 0.462. The van der Waals surface area contributed by atoms with Crippen molar-refractivity contribution in [2.75, 3.05) is 33.4 Å². The van der Waals surface area contributed by atoms with Crippen LogP contribution in [-0.4, -0.2) is 56.2 Å². The highest BCUT2D eigenvalue weighted by molar-refractivity contribution is 7.09. The third-order valence-corrected chi connectivity index (χ3v) is 7.78. The van der Waals surface area contributed by atoms with Crippen molar-refractivity contribution in [3.05, 3.63) is 70.4 Å². The van der Waals surface area contributed by atoms with Gasteiger partial charge >= 0.3 is 0 Å². The maximum atomic E-state index is 12.9. The number of rotatable bonds is 9. The van der Waals surface area contributed by atoms with Crippen LogP contribution in [0, 0.1) is 0 Å². The molecule has 0 radical (unpaired) electrons. The molecule has 6 nitrogen and oxygen atoms in total. The summed E-state index contributed by atoms with van der Waals surface area (Å²) in [5, 5.41) is 5.18. The molecule has 0 saturated carbocycles. The quantitative estimate of drug-likeness (QED) is 0.571. The van der Waals surface area contributed by atoms with Crippen LogP contribution in [0.1, 0.15) is 41.3 Å². The number of hydrogen-bond donors (Lipinski definition) is 1. The van der Waals surface area contributed by atoms with Gasteiger partial charge in [0.05, 0.1) is 18.8 Å². The van der Waals surface area contributed by atoms with Crippen molar-refractivity contribution in [3.8, 4) is 0 Å². The summed E-state index contributed by atoms with van der Waals surface area (Å²) in [6, 6.07) is 12.1. The number of benzene rings is 1. The number of nitrogens with zero attached hydrogens (tertiary/aromatic N) is 1. The predicted molar refractivity (Wildman–Crippen MR) is 129 cm³/mol. The number of amides is 2. The number of ether oxygens (including phenoxy) is 2. The van der Waals surface area contributed by atoms with Gasteiger partial charge in [-0.05, 0) is 41.8 Å². The molecule has 1 saturated heterocycles. The summed E-state index contributed by atoms with van der Waals surface area (Å²) in [5.74, 6) is 0.0424. The van der Waals surface area contributed by atoms with Gasteiger partial charge in [-0.2, -0.15) is 0 Å². The van der Waals surface area contributed by atoms with Crippen LogP contribution in [-0.2, 0) is 30.9 Å². The van der Waals surface area contributed by atoms with Gasteiger partial charge in [0.2, 0.25) is 11.8 Å². The van der Waals surface area contributed by atoms with Crippen molar-refractivity contribution in [1.29, 1.82) is 0 Å². The average molecular weight is 469 g/mol. The molecule has 1 spiro atoms. The molecular weight excluding hydrogens is 436 g/mol. The van der Waals surface area contributed by atoms with E-state index in [1.807, 2.05) is 28.5 Å². The highest BCUT2D eigenvalue weighted by Gasteiger charge is 2.54. The number of aryl methyl sites for hydroxylation is 1. The molecule has 0 bridgehead atoms. The van der Waals surface area contributed by atoms with Gasteiger partial charge in [-0.3, -0.25) is 9.59 Å². The lowest BCUT2D eigenvalue weighted by molar-refractivity contribution is -0.134. The van der Waals surface area contributed by atoms with Crippen LogP contribution in [0.4, 0.5) is 0 Å². The molecule has 2 heterocycles. The summed E-state index contributed by atoms with van der Waals surface area (Å²) in [4.78, 5) is 28.6. The Morgan fingerprint density at radius 3 is 2.73 bits per heavy atom. The molecule has 33 heavy (non-hydrogen) atoms. The second kappa shape index (κ2) is 10.6. The Hall–Kier alpha value is -2.48. The zero-order valence-electron chi connectivity index (χ0n) is 19.1. The van der Waals surface area contributed by atoms with E-state index in [9.17, 15) is 9.59 Å². The van der Waals surface area contributed by atoms with Crippen LogP contribution in [0.2, 0.25) is 0 Å². The first-order valence-corrected chi connectivity index (χ1v) is 12.4. The maximum Gasteiger partial charge on any atom is 0.246 e. The van der Waals surface area contributed by atoms with Crippen molar-refractivity contribution in [3.63, 3.8) is 0 Å². The van der Waals surface area contributed by atoms with Gasteiger partial charge in [0.15, 0.2) is 0 Å². The largest absolute Gasteiger partial charge is 0.375 e. The summed E-state index contributed by atoms with van der Waals surface area (Å²) >= 11 is 1.70. The second-order valence-corrected chi connectivity index (χ2v) is 9.76. The molecular formula is C26H32N2O4S. The van der Waals surface area contributed by atoms with Gasteiger partial charge in [-0.1, -0.05) is 36.4 Å². The Bertz CT molecular complexity index is 966. The molecule has 0 unspecified atom stereocenters.